The van der Waals surface area contributed by atoms with Crippen molar-refractivity contribution in [2.75, 3.05) is 31.7 Å². The summed E-state index contributed by atoms with van der Waals surface area (Å²) in [5.74, 6) is 1.30. The highest BCUT2D eigenvalue weighted by Gasteiger charge is 2.41. The maximum absolute atomic E-state index is 6.32. The Bertz CT molecular complexity index is 1030. The zero-order valence-electron chi connectivity index (χ0n) is 16.9. The Kier molecular flexibility index (Phi) is 4.68. The topological polar surface area (TPSA) is 90.8 Å². The van der Waals surface area contributed by atoms with Gasteiger partial charge in [0.1, 0.15) is 0 Å². The summed E-state index contributed by atoms with van der Waals surface area (Å²) in [6.45, 7) is 6.70. The molecule has 0 radical (unpaired) electrons. The number of rotatable bonds is 4. The Morgan fingerprint density at radius 2 is 2.17 bits per heavy atom. The Hall–Kier alpha value is -2.23. The maximum Gasteiger partial charge on any atom is 0.222 e. The van der Waals surface area contributed by atoms with Gasteiger partial charge in [0.2, 0.25) is 16.0 Å². The number of aromatic nitrogens is 4. The van der Waals surface area contributed by atoms with Crippen LogP contribution in [0, 0.1) is 5.92 Å². The van der Waals surface area contributed by atoms with Crippen LogP contribution in [0.2, 0.25) is 0 Å². The van der Waals surface area contributed by atoms with Crippen molar-refractivity contribution >= 4 is 21.4 Å². The summed E-state index contributed by atoms with van der Waals surface area (Å²) in [6.07, 6.45) is 2.96. The van der Waals surface area contributed by atoms with Crippen LogP contribution in [-0.2, 0) is 4.74 Å². The molecule has 0 amide bonds. The second kappa shape index (κ2) is 7.23. The predicted octanol–water partition coefficient (Wildman–Crippen LogP) is 2.54. The summed E-state index contributed by atoms with van der Waals surface area (Å²) in [7, 11) is 1.65. The Balaban J connectivity index is 1.48. The van der Waals surface area contributed by atoms with Gasteiger partial charge in [0.25, 0.3) is 0 Å². The van der Waals surface area contributed by atoms with E-state index in [4.69, 9.17) is 20.3 Å². The number of imidazole rings is 1. The first-order valence-corrected chi connectivity index (χ1v) is 10.9. The van der Waals surface area contributed by atoms with E-state index in [1.807, 2.05) is 22.8 Å². The van der Waals surface area contributed by atoms with E-state index in [-0.39, 0.29) is 12.1 Å². The number of hydrogen-bond acceptors (Lipinski definition) is 8. The number of nitrogens with zero attached hydrogens (tertiary/aromatic N) is 5. The molecule has 3 aromatic heterocycles. The summed E-state index contributed by atoms with van der Waals surface area (Å²) in [6, 6.07) is 4.29. The normalized spacial score (nSPS) is 24.4. The SMILES string of the molecule is COc1nc(C(C)C)ccc1-c1cnc2sc(N3C[C@H]4[C@H](N)CCO[C@@H]4C3)nn12. The summed E-state index contributed by atoms with van der Waals surface area (Å²) in [5.41, 5.74) is 9.09. The van der Waals surface area contributed by atoms with Gasteiger partial charge >= 0.3 is 0 Å². The van der Waals surface area contributed by atoms with Crippen LogP contribution in [0.25, 0.3) is 16.2 Å². The molecule has 5 rings (SSSR count). The van der Waals surface area contributed by atoms with Gasteiger partial charge < -0.3 is 20.1 Å². The lowest BCUT2D eigenvalue weighted by molar-refractivity contribution is -0.00904. The van der Waals surface area contributed by atoms with E-state index < -0.39 is 0 Å². The van der Waals surface area contributed by atoms with Crippen molar-refractivity contribution in [1.82, 2.24) is 19.6 Å². The van der Waals surface area contributed by atoms with Gasteiger partial charge in [0.15, 0.2) is 0 Å². The number of fused-ring (bicyclic) bond motifs is 2. The molecule has 0 unspecified atom stereocenters. The smallest absolute Gasteiger partial charge is 0.222 e. The third-order valence-electron chi connectivity index (χ3n) is 5.93. The third-order valence-corrected chi connectivity index (χ3v) is 6.91. The van der Waals surface area contributed by atoms with E-state index in [1.165, 1.54) is 0 Å². The van der Waals surface area contributed by atoms with Gasteiger partial charge in [-0.2, -0.15) is 0 Å². The highest BCUT2D eigenvalue weighted by atomic mass is 32.1. The fourth-order valence-electron chi connectivity index (χ4n) is 4.23. The first kappa shape index (κ1) is 18.8. The number of methoxy groups -OCH3 is 1. The molecule has 29 heavy (non-hydrogen) atoms. The van der Waals surface area contributed by atoms with Gasteiger partial charge in [-0.05, 0) is 24.5 Å². The van der Waals surface area contributed by atoms with Crippen LogP contribution in [0.4, 0.5) is 5.13 Å². The second-order valence-corrected chi connectivity index (χ2v) is 9.04. The number of pyridine rings is 1. The molecule has 8 nitrogen and oxygen atoms in total. The van der Waals surface area contributed by atoms with Crippen molar-refractivity contribution in [3.8, 4) is 17.1 Å². The molecule has 5 heterocycles. The number of ether oxygens (including phenoxy) is 2. The molecule has 0 aromatic carbocycles. The number of hydrogen-bond donors (Lipinski definition) is 1. The van der Waals surface area contributed by atoms with Crippen LogP contribution in [0.3, 0.4) is 0 Å². The van der Waals surface area contributed by atoms with Crippen molar-refractivity contribution in [2.24, 2.45) is 11.7 Å². The minimum atomic E-state index is 0.197. The molecule has 2 saturated heterocycles. The minimum Gasteiger partial charge on any atom is -0.480 e. The summed E-state index contributed by atoms with van der Waals surface area (Å²) in [4.78, 5) is 12.4. The van der Waals surface area contributed by atoms with Crippen LogP contribution < -0.4 is 15.4 Å². The lowest BCUT2D eigenvalue weighted by Crippen LogP contribution is -2.43. The van der Waals surface area contributed by atoms with Crippen molar-refractivity contribution in [3.05, 3.63) is 24.0 Å². The maximum atomic E-state index is 6.32. The minimum absolute atomic E-state index is 0.197. The van der Waals surface area contributed by atoms with Crippen molar-refractivity contribution in [1.29, 1.82) is 0 Å². The van der Waals surface area contributed by atoms with E-state index in [9.17, 15) is 0 Å². The number of nitrogens with two attached hydrogens (primary N) is 1. The lowest BCUT2D eigenvalue weighted by atomic mass is 9.93. The summed E-state index contributed by atoms with van der Waals surface area (Å²) in [5, 5.41) is 5.82. The van der Waals surface area contributed by atoms with Crippen molar-refractivity contribution < 1.29 is 9.47 Å². The lowest BCUT2D eigenvalue weighted by Gasteiger charge is -2.29. The zero-order valence-corrected chi connectivity index (χ0v) is 17.7. The molecule has 3 aromatic rings. The molecule has 0 aliphatic carbocycles. The molecule has 154 valence electrons. The predicted molar refractivity (Wildman–Crippen MR) is 113 cm³/mol. The molecule has 0 saturated carbocycles. The van der Waals surface area contributed by atoms with Crippen LogP contribution >= 0.6 is 11.3 Å². The average Bonchev–Trinajstić information content (AvgIpc) is 3.41. The molecule has 2 N–H and O–H groups in total. The Morgan fingerprint density at radius 1 is 1.31 bits per heavy atom. The first-order chi connectivity index (χ1) is 14.0. The first-order valence-electron chi connectivity index (χ1n) is 10.1. The molecular formula is C20H26N6O2S. The molecule has 2 aliphatic rings. The van der Waals surface area contributed by atoms with E-state index >= 15 is 0 Å². The van der Waals surface area contributed by atoms with Crippen molar-refractivity contribution in [3.63, 3.8) is 0 Å². The quantitative estimate of drug-likeness (QED) is 0.701. The second-order valence-electron chi connectivity index (χ2n) is 8.10. The van der Waals surface area contributed by atoms with E-state index in [0.717, 1.165) is 53.2 Å². The molecular weight excluding hydrogens is 388 g/mol. The molecule has 9 heteroatoms. The fraction of sp³-hybridized carbons (Fsp3) is 0.550. The van der Waals surface area contributed by atoms with Gasteiger partial charge in [-0.25, -0.2) is 14.5 Å². The standard InChI is InChI=1S/C20H26N6O2S/c1-11(2)15-5-4-12(18(23-15)27-3)16-8-22-19-26(16)24-20(29-19)25-9-13-14(21)6-7-28-17(13)10-25/h4-5,8,11,13-14,17H,6-7,9-10,21H2,1-3H3/t13-,14+,17+/m0/s1. The van der Waals surface area contributed by atoms with E-state index in [0.29, 0.717) is 17.7 Å². The van der Waals surface area contributed by atoms with Crippen molar-refractivity contribution in [2.45, 2.75) is 38.3 Å². The van der Waals surface area contributed by atoms with Crippen LogP contribution in [0.1, 0.15) is 31.9 Å². The summed E-state index contributed by atoms with van der Waals surface area (Å²) < 4.78 is 13.4. The van der Waals surface area contributed by atoms with Gasteiger partial charge in [-0.15, -0.1) is 5.10 Å². The van der Waals surface area contributed by atoms with Gasteiger partial charge in [-0.3, -0.25) is 0 Å². The van der Waals surface area contributed by atoms with E-state index in [2.05, 4.69) is 28.7 Å². The molecule has 2 fully saturated rings. The Labute approximate surface area is 173 Å². The monoisotopic (exact) mass is 414 g/mol. The molecule has 0 bridgehead atoms. The molecule has 3 atom stereocenters. The van der Waals surface area contributed by atoms with Crippen LogP contribution in [0.5, 0.6) is 5.88 Å². The van der Waals surface area contributed by atoms with E-state index in [1.54, 1.807) is 18.4 Å². The Morgan fingerprint density at radius 3 is 2.93 bits per heavy atom. The van der Waals surface area contributed by atoms with Crippen LogP contribution in [-0.4, -0.2) is 58.5 Å². The van der Waals surface area contributed by atoms with Gasteiger partial charge in [0, 0.05) is 37.4 Å². The fourth-order valence-corrected chi connectivity index (χ4v) is 5.13. The van der Waals surface area contributed by atoms with Crippen LogP contribution in [0.15, 0.2) is 18.3 Å². The highest BCUT2D eigenvalue weighted by Crippen LogP contribution is 2.36. The summed E-state index contributed by atoms with van der Waals surface area (Å²) >= 11 is 1.59. The van der Waals surface area contributed by atoms with Gasteiger partial charge in [0.05, 0.1) is 30.7 Å². The zero-order chi connectivity index (χ0) is 20.1. The molecule has 0 spiro atoms. The largest absolute Gasteiger partial charge is 0.480 e. The third kappa shape index (κ3) is 3.17. The average molecular weight is 415 g/mol. The van der Waals surface area contributed by atoms with Gasteiger partial charge in [-0.1, -0.05) is 25.2 Å². The highest BCUT2D eigenvalue weighted by molar-refractivity contribution is 7.20. The number of anilines is 1. The molecule has 2 aliphatic heterocycles.